The van der Waals surface area contributed by atoms with Gasteiger partial charge in [0, 0.05) is 4.88 Å². The average Bonchev–Trinajstić information content (AvgIpc) is 2.97. The Bertz CT molecular complexity index is 927. The SMILES string of the molecule is Cc1ccc(S(=O)(=O)OC[C@](C)(O)c2ccc(S(N)(=O)=O)s2)cc1. The maximum atomic E-state index is 12.1. The number of rotatable bonds is 6. The topological polar surface area (TPSA) is 124 Å². The molecular weight excluding hydrogens is 374 g/mol. The van der Waals surface area contributed by atoms with Crippen LogP contribution in [0.5, 0.6) is 0 Å². The van der Waals surface area contributed by atoms with Crippen LogP contribution in [0.2, 0.25) is 0 Å². The summed E-state index contributed by atoms with van der Waals surface area (Å²) in [6.07, 6.45) is 0. The van der Waals surface area contributed by atoms with Crippen molar-refractivity contribution in [2.75, 3.05) is 6.61 Å². The van der Waals surface area contributed by atoms with Gasteiger partial charge in [-0.2, -0.15) is 8.42 Å². The average molecular weight is 391 g/mol. The number of nitrogens with two attached hydrogens (primary N) is 1. The number of primary sulfonamides is 1. The van der Waals surface area contributed by atoms with Gasteiger partial charge in [0.2, 0.25) is 10.0 Å². The summed E-state index contributed by atoms with van der Waals surface area (Å²) in [6, 6.07) is 8.69. The molecule has 0 spiro atoms. The molecular formula is C14H17NO6S3. The van der Waals surface area contributed by atoms with E-state index in [1.165, 1.54) is 31.2 Å². The highest BCUT2D eigenvalue weighted by molar-refractivity contribution is 7.91. The van der Waals surface area contributed by atoms with Gasteiger partial charge in [0.25, 0.3) is 10.1 Å². The Balaban J connectivity index is 2.17. The molecule has 2 rings (SSSR count). The minimum Gasteiger partial charge on any atom is -0.382 e. The van der Waals surface area contributed by atoms with Crippen molar-refractivity contribution in [1.29, 1.82) is 0 Å². The van der Waals surface area contributed by atoms with Crippen molar-refractivity contribution in [3.05, 3.63) is 46.8 Å². The Morgan fingerprint density at radius 1 is 1.12 bits per heavy atom. The van der Waals surface area contributed by atoms with Crippen molar-refractivity contribution in [1.82, 2.24) is 0 Å². The van der Waals surface area contributed by atoms with E-state index in [0.29, 0.717) is 0 Å². The molecule has 0 aliphatic rings. The number of thiophene rings is 1. The first-order chi connectivity index (χ1) is 10.9. The number of hydrogen-bond donors (Lipinski definition) is 2. The zero-order valence-corrected chi connectivity index (χ0v) is 15.4. The van der Waals surface area contributed by atoms with Crippen molar-refractivity contribution in [2.24, 2.45) is 5.14 Å². The minimum atomic E-state index is -4.04. The first-order valence-corrected chi connectivity index (χ1v) is 10.5. The van der Waals surface area contributed by atoms with Crippen LogP contribution in [0.25, 0.3) is 0 Å². The zero-order chi connectivity index (χ0) is 18.2. The molecule has 1 heterocycles. The summed E-state index contributed by atoms with van der Waals surface area (Å²) in [4.78, 5) is 0.200. The highest BCUT2D eigenvalue weighted by atomic mass is 32.2. The van der Waals surface area contributed by atoms with Crippen LogP contribution in [0.1, 0.15) is 17.4 Å². The summed E-state index contributed by atoms with van der Waals surface area (Å²) in [5.41, 5.74) is -0.791. The lowest BCUT2D eigenvalue weighted by atomic mass is 10.1. The predicted molar refractivity (Wildman–Crippen MR) is 89.6 cm³/mol. The first kappa shape index (κ1) is 19.0. The van der Waals surface area contributed by atoms with E-state index in [2.05, 4.69) is 0 Å². The van der Waals surface area contributed by atoms with E-state index < -0.39 is 32.3 Å². The molecule has 0 aliphatic heterocycles. The summed E-state index contributed by atoms with van der Waals surface area (Å²) in [5.74, 6) is 0. The summed E-state index contributed by atoms with van der Waals surface area (Å²) in [6.45, 7) is 2.59. The number of sulfonamides is 1. The van der Waals surface area contributed by atoms with Gasteiger partial charge < -0.3 is 5.11 Å². The van der Waals surface area contributed by atoms with E-state index in [1.807, 2.05) is 6.92 Å². The van der Waals surface area contributed by atoms with Gasteiger partial charge in [-0.3, -0.25) is 4.18 Å². The highest BCUT2D eigenvalue weighted by Crippen LogP contribution is 2.31. The quantitative estimate of drug-likeness (QED) is 0.716. The molecule has 2 aromatic rings. The molecule has 0 radical (unpaired) electrons. The maximum absolute atomic E-state index is 12.1. The van der Waals surface area contributed by atoms with E-state index in [1.54, 1.807) is 12.1 Å². The fraction of sp³-hybridized carbons (Fsp3) is 0.286. The molecule has 0 saturated heterocycles. The van der Waals surface area contributed by atoms with E-state index in [0.717, 1.165) is 16.9 Å². The Labute approximate surface area is 144 Å². The van der Waals surface area contributed by atoms with Gasteiger partial charge in [0.15, 0.2) is 0 Å². The van der Waals surface area contributed by atoms with Gasteiger partial charge in [-0.1, -0.05) is 17.7 Å². The molecule has 0 bridgehead atoms. The van der Waals surface area contributed by atoms with Gasteiger partial charge >= 0.3 is 0 Å². The lowest BCUT2D eigenvalue weighted by Crippen LogP contribution is -2.28. The van der Waals surface area contributed by atoms with E-state index >= 15 is 0 Å². The maximum Gasteiger partial charge on any atom is 0.297 e. The Kier molecular flexibility index (Phi) is 5.19. The van der Waals surface area contributed by atoms with Crippen LogP contribution in [0.4, 0.5) is 0 Å². The molecule has 1 atom stereocenters. The second-order valence-electron chi connectivity index (χ2n) is 5.47. The zero-order valence-electron chi connectivity index (χ0n) is 13.0. The Hall–Kier alpha value is -1.30. The molecule has 0 unspecified atom stereocenters. The van der Waals surface area contributed by atoms with Crippen LogP contribution in [0, 0.1) is 6.92 Å². The van der Waals surface area contributed by atoms with Crippen LogP contribution < -0.4 is 5.14 Å². The third-order valence-electron chi connectivity index (χ3n) is 3.20. The van der Waals surface area contributed by atoms with Crippen LogP contribution in [0.3, 0.4) is 0 Å². The Morgan fingerprint density at radius 3 is 2.21 bits per heavy atom. The summed E-state index contributed by atoms with van der Waals surface area (Å²) in [5, 5.41) is 15.4. The molecule has 0 amide bonds. The minimum absolute atomic E-state index is 0.0275. The number of aliphatic hydroxyl groups is 1. The monoisotopic (exact) mass is 391 g/mol. The largest absolute Gasteiger partial charge is 0.382 e. The lowest BCUT2D eigenvalue weighted by Gasteiger charge is -2.21. The molecule has 0 fully saturated rings. The second-order valence-corrected chi connectivity index (χ2v) is 9.95. The molecule has 132 valence electrons. The lowest BCUT2D eigenvalue weighted by molar-refractivity contribution is 0.0129. The highest BCUT2D eigenvalue weighted by Gasteiger charge is 2.30. The predicted octanol–water partition coefficient (Wildman–Crippen LogP) is 1.32. The van der Waals surface area contributed by atoms with Crippen molar-refractivity contribution < 1.29 is 26.1 Å². The Morgan fingerprint density at radius 2 is 1.71 bits per heavy atom. The first-order valence-electron chi connectivity index (χ1n) is 6.73. The van der Waals surface area contributed by atoms with E-state index in [9.17, 15) is 21.9 Å². The molecule has 3 N–H and O–H groups in total. The van der Waals surface area contributed by atoms with Gasteiger partial charge in [0.1, 0.15) is 16.4 Å². The van der Waals surface area contributed by atoms with Crippen molar-refractivity contribution in [3.8, 4) is 0 Å². The smallest absolute Gasteiger partial charge is 0.297 e. The number of hydrogen-bond acceptors (Lipinski definition) is 7. The standard InChI is InChI=1S/C14H17NO6S3/c1-10-3-5-11(6-4-10)24(19,20)21-9-14(2,16)12-7-8-13(22-12)23(15,17)18/h3-8,16H,9H2,1-2H3,(H2,15,17,18)/t14-/m0/s1. The van der Waals surface area contributed by atoms with E-state index in [-0.39, 0.29) is 14.0 Å². The molecule has 7 nitrogen and oxygen atoms in total. The fourth-order valence-electron chi connectivity index (χ4n) is 1.80. The molecule has 0 aliphatic carbocycles. The van der Waals surface area contributed by atoms with Crippen LogP contribution >= 0.6 is 11.3 Å². The van der Waals surface area contributed by atoms with Crippen LogP contribution in [-0.4, -0.2) is 28.5 Å². The third kappa shape index (κ3) is 4.41. The summed E-state index contributed by atoms with van der Waals surface area (Å²) >= 11 is 0.757. The van der Waals surface area contributed by atoms with Crippen LogP contribution in [-0.2, 0) is 29.9 Å². The number of benzene rings is 1. The van der Waals surface area contributed by atoms with Crippen molar-refractivity contribution in [2.45, 2.75) is 28.6 Å². The molecule has 10 heteroatoms. The molecule has 1 aromatic carbocycles. The van der Waals surface area contributed by atoms with Gasteiger partial charge in [-0.25, -0.2) is 13.6 Å². The normalized spacial score (nSPS) is 15.2. The van der Waals surface area contributed by atoms with Crippen molar-refractivity contribution >= 4 is 31.5 Å². The van der Waals surface area contributed by atoms with Gasteiger partial charge in [0.05, 0.1) is 4.90 Å². The second kappa shape index (κ2) is 6.54. The molecule has 0 saturated carbocycles. The van der Waals surface area contributed by atoms with Gasteiger partial charge in [-0.05, 0) is 38.1 Å². The molecule has 24 heavy (non-hydrogen) atoms. The molecule has 1 aromatic heterocycles. The van der Waals surface area contributed by atoms with Crippen LogP contribution in [0.15, 0.2) is 45.5 Å². The fourth-order valence-corrected chi connectivity index (χ4v) is 4.55. The third-order valence-corrected chi connectivity index (χ3v) is 7.25. The van der Waals surface area contributed by atoms with E-state index in [4.69, 9.17) is 9.32 Å². The summed E-state index contributed by atoms with van der Waals surface area (Å²) < 4.78 is 51.6. The number of aryl methyl sites for hydroxylation is 1. The van der Waals surface area contributed by atoms with Crippen molar-refractivity contribution in [3.63, 3.8) is 0 Å². The van der Waals surface area contributed by atoms with Gasteiger partial charge in [-0.15, -0.1) is 11.3 Å². The summed E-state index contributed by atoms with van der Waals surface area (Å²) in [7, 11) is -7.92.